The van der Waals surface area contributed by atoms with E-state index < -0.39 is 5.60 Å². The van der Waals surface area contributed by atoms with Gasteiger partial charge in [-0.25, -0.2) is 4.79 Å². The molecule has 1 saturated heterocycles. The van der Waals surface area contributed by atoms with Crippen LogP contribution >= 0.6 is 0 Å². The largest absolute Gasteiger partial charge is 0.444 e. The van der Waals surface area contributed by atoms with Gasteiger partial charge >= 0.3 is 6.09 Å². The first-order valence-electron chi connectivity index (χ1n) is 7.54. The first kappa shape index (κ1) is 16.7. The maximum absolute atomic E-state index is 12.2. The molecule has 2 heterocycles. The van der Waals surface area contributed by atoms with Gasteiger partial charge in [0.15, 0.2) is 0 Å². The van der Waals surface area contributed by atoms with Gasteiger partial charge in [-0.1, -0.05) is 6.07 Å². The zero-order valence-corrected chi connectivity index (χ0v) is 13.7. The Balaban J connectivity index is 2.00. The van der Waals surface area contributed by atoms with Crippen LogP contribution in [0.4, 0.5) is 4.79 Å². The third kappa shape index (κ3) is 4.42. The summed E-state index contributed by atoms with van der Waals surface area (Å²) in [6.07, 6.45) is 1.17. The van der Waals surface area contributed by atoms with Crippen molar-refractivity contribution in [2.45, 2.75) is 45.4 Å². The highest BCUT2D eigenvalue weighted by atomic mass is 16.6. The maximum Gasteiger partial charge on any atom is 0.410 e. The monoisotopic (exact) mass is 307 g/mol. The number of morpholine rings is 1. The molecular formula is C16H25N3O3. The molecule has 0 saturated carbocycles. The van der Waals surface area contributed by atoms with Gasteiger partial charge in [0.25, 0.3) is 0 Å². The second kappa shape index (κ2) is 6.62. The number of pyridine rings is 1. The average Bonchev–Trinajstić information content (AvgIpc) is 2.46. The molecule has 1 amide bonds. The van der Waals surface area contributed by atoms with Gasteiger partial charge in [-0.15, -0.1) is 0 Å². The molecule has 0 spiro atoms. The van der Waals surface area contributed by atoms with E-state index >= 15 is 0 Å². The van der Waals surface area contributed by atoms with Crippen LogP contribution in [-0.4, -0.2) is 47.4 Å². The molecule has 0 bridgehead atoms. The van der Waals surface area contributed by atoms with E-state index in [0.717, 1.165) is 11.3 Å². The van der Waals surface area contributed by atoms with Gasteiger partial charge in [-0.2, -0.15) is 0 Å². The molecule has 2 atom stereocenters. The number of aryl methyl sites for hydroxylation is 1. The number of rotatable bonds is 2. The molecule has 122 valence electrons. The predicted molar refractivity (Wildman–Crippen MR) is 83.4 cm³/mol. The summed E-state index contributed by atoms with van der Waals surface area (Å²) >= 11 is 0. The fourth-order valence-corrected chi connectivity index (χ4v) is 2.25. The summed E-state index contributed by atoms with van der Waals surface area (Å²) in [5.41, 5.74) is 7.58. The fourth-order valence-electron chi connectivity index (χ4n) is 2.25. The maximum atomic E-state index is 12.2. The minimum Gasteiger partial charge on any atom is -0.444 e. The number of hydrogen-bond donors (Lipinski definition) is 1. The van der Waals surface area contributed by atoms with Crippen molar-refractivity contribution in [3.8, 4) is 0 Å². The highest BCUT2D eigenvalue weighted by Gasteiger charge is 2.32. The minimum atomic E-state index is -0.508. The third-order valence-corrected chi connectivity index (χ3v) is 3.42. The summed E-state index contributed by atoms with van der Waals surface area (Å²) in [5, 5.41) is 0. The number of carbonyl (C=O) groups is 1. The molecular weight excluding hydrogens is 282 g/mol. The van der Waals surface area contributed by atoms with E-state index in [2.05, 4.69) is 4.98 Å². The molecule has 2 N–H and O–H groups in total. The molecule has 0 radical (unpaired) electrons. The van der Waals surface area contributed by atoms with Gasteiger partial charge in [0.1, 0.15) is 5.60 Å². The highest BCUT2D eigenvalue weighted by Crippen LogP contribution is 2.20. The molecule has 1 aliphatic rings. The highest BCUT2D eigenvalue weighted by molar-refractivity contribution is 5.68. The lowest BCUT2D eigenvalue weighted by Gasteiger charge is -2.36. The molecule has 6 nitrogen and oxygen atoms in total. The second-order valence-electron chi connectivity index (χ2n) is 6.62. The Bertz CT molecular complexity index is 510. The number of hydrogen-bond acceptors (Lipinski definition) is 5. The summed E-state index contributed by atoms with van der Waals surface area (Å²) in [4.78, 5) is 18.1. The van der Waals surface area contributed by atoms with Gasteiger partial charge in [-0.3, -0.25) is 4.98 Å². The van der Waals surface area contributed by atoms with Crippen LogP contribution in [0.25, 0.3) is 0 Å². The van der Waals surface area contributed by atoms with E-state index in [0.29, 0.717) is 19.7 Å². The number of amides is 1. The number of carbonyl (C=O) groups excluding carboxylic acids is 1. The molecule has 1 aliphatic heterocycles. The number of aromatic nitrogens is 1. The zero-order chi connectivity index (χ0) is 16.3. The van der Waals surface area contributed by atoms with E-state index in [1.165, 1.54) is 0 Å². The van der Waals surface area contributed by atoms with Crippen molar-refractivity contribution in [1.82, 2.24) is 9.88 Å². The van der Waals surface area contributed by atoms with Crippen molar-refractivity contribution in [1.29, 1.82) is 0 Å². The van der Waals surface area contributed by atoms with Crippen LogP contribution in [0, 0.1) is 6.92 Å². The van der Waals surface area contributed by atoms with Crippen molar-refractivity contribution in [3.63, 3.8) is 0 Å². The first-order valence-corrected chi connectivity index (χ1v) is 7.54. The quantitative estimate of drug-likeness (QED) is 0.904. The smallest absolute Gasteiger partial charge is 0.410 e. The first-order chi connectivity index (χ1) is 10.3. The van der Waals surface area contributed by atoms with Gasteiger partial charge < -0.3 is 20.1 Å². The molecule has 1 aromatic rings. The van der Waals surface area contributed by atoms with Crippen molar-refractivity contribution in [2.24, 2.45) is 5.73 Å². The van der Waals surface area contributed by atoms with E-state index in [1.54, 1.807) is 11.1 Å². The van der Waals surface area contributed by atoms with Crippen LogP contribution < -0.4 is 5.73 Å². The Kier molecular flexibility index (Phi) is 5.03. The molecule has 0 aromatic carbocycles. The third-order valence-electron chi connectivity index (χ3n) is 3.42. The standard InChI is InChI=1S/C16H25N3O3/c1-11-5-6-12(18-9-11)14(17)13-10-19(7-8-21-13)15(20)22-16(2,3)4/h5-6,9,13-14H,7-8,10,17H2,1-4H3. The van der Waals surface area contributed by atoms with Crippen molar-refractivity contribution in [2.75, 3.05) is 19.7 Å². The summed E-state index contributed by atoms with van der Waals surface area (Å²) in [7, 11) is 0. The molecule has 2 unspecified atom stereocenters. The Morgan fingerprint density at radius 1 is 1.50 bits per heavy atom. The van der Waals surface area contributed by atoms with Gasteiger partial charge in [0, 0.05) is 12.7 Å². The predicted octanol–water partition coefficient (Wildman–Crippen LogP) is 2.03. The number of nitrogens with two attached hydrogens (primary N) is 1. The topological polar surface area (TPSA) is 77.7 Å². The normalized spacial score (nSPS) is 20.6. The average molecular weight is 307 g/mol. The van der Waals surface area contributed by atoms with Crippen LogP contribution in [0.2, 0.25) is 0 Å². The van der Waals surface area contributed by atoms with Crippen molar-refractivity contribution >= 4 is 6.09 Å². The van der Waals surface area contributed by atoms with Crippen LogP contribution in [-0.2, 0) is 9.47 Å². The van der Waals surface area contributed by atoms with E-state index in [-0.39, 0.29) is 18.2 Å². The molecule has 6 heteroatoms. The summed E-state index contributed by atoms with van der Waals surface area (Å²) in [5.74, 6) is 0. The lowest BCUT2D eigenvalue weighted by Crippen LogP contribution is -2.50. The molecule has 1 aromatic heterocycles. The second-order valence-corrected chi connectivity index (χ2v) is 6.62. The SMILES string of the molecule is Cc1ccc(C(N)C2CN(C(=O)OC(C)(C)C)CCO2)nc1. The molecule has 1 fully saturated rings. The van der Waals surface area contributed by atoms with E-state index in [9.17, 15) is 4.79 Å². The fraction of sp³-hybridized carbons (Fsp3) is 0.625. The van der Waals surface area contributed by atoms with Crippen LogP contribution in [0.1, 0.15) is 38.1 Å². The summed E-state index contributed by atoms with van der Waals surface area (Å²) in [6.45, 7) is 8.90. The molecule has 0 aliphatic carbocycles. The zero-order valence-electron chi connectivity index (χ0n) is 13.7. The number of nitrogens with zero attached hydrogens (tertiary/aromatic N) is 2. The van der Waals surface area contributed by atoms with Crippen LogP contribution in [0.5, 0.6) is 0 Å². The summed E-state index contributed by atoms with van der Waals surface area (Å²) in [6, 6.07) is 3.50. The van der Waals surface area contributed by atoms with Crippen LogP contribution in [0.15, 0.2) is 18.3 Å². The lowest BCUT2D eigenvalue weighted by molar-refractivity contribution is -0.0512. The van der Waals surface area contributed by atoms with Gasteiger partial charge in [0.2, 0.25) is 0 Å². The minimum absolute atomic E-state index is 0.281. The lowest BCUT2D eigenvalue weighted by atomic mass is 10.1. The molecule has 2 rings (SSSR count). The Hall–Kier alpha value is -1.66. The number of ether oxygens (including phenoxy) is 2. The van der Waals surface area contributed by atoms with Crippen molar-refractivity contribution < 1.29 is 14.3 Å². The Morgan fingerprint density at radius 3 is 2.82 bits per heavy atom. The van der Waals surface area contributed by atoms with Crippen LogP contribution in [0.3, 0.4) is 0 Å². The van der Waals surface area contributed by atoms with Gasteiger partial charge in [0.05, 0.1) is 31.0 Å². The van der Waals surface area contributed by atoms with E-state index in [4.69, 9.17) is 15.2 Å². The Labute approximate surface area is 131 Å². The van der Waals surface area contributed by atoms with Gasteiger partial charge in [-0.05, 0) is 39.3 Å². The van der Waals surface area contributed by atoms with E-state index in [1.807, 2.05) is 39.8 Å². The molecule has 22 heavy (non-hydrogen) atoms. The van der Waals surface area contributed by atoms with Crippen molar-refractivity contribution in [3.05, 3.63) is 29.6 Å². The Morgan fingerprint density at radius 2 is 2.23 bits per heavy atom. The summed E-state index contributed by atoms with van der Waals surface area (Å²) < 4.78 is 11.1.